The molecule has 1 aromatic carbocycles. The number of hydrogen-bond donors (Lipinski definition) is 1. The molecule has 0 saturated carbocycles. The van der Waals surface area contributed by atoms with Crippen molar-refractivity contribution >= 4 is 5.96 Å². The molecule has 0 radical (unpaired) electrons. The molecule has 0 amide bonds. The fourth-order valence-corrected chi connectivity index (χ4v) is 3.45. The Labute approximate surface area is 144 Å². The monoisotopic (exact) mass is 322 g/mol. The molecule has 1 aliphatic heterocycles. The summed E-state index contributed by atoms with van der Waals surface area (Å²) in [5.74, 6) is 1.55. The van der Waals surface area contributed by atoms with Gasteiger partial charge in [-0.2, -0.15) is 0 Å². The van der Waals surface area contributed by atoms with Gasteiger partial charge < -0.3 is 10.2 Å². The summed E-state index contributed by atoms with van der Waals surface area (Å²) in [5.41, 5.74) is 5.14. The quantitative estimate of drug-likeness (QED) is 0.696. The van der Waals surface area contributed by atoms with Crippen molar-refractivity contribution < 1.29 is 0 Å². The second kappa shape index (κ2) is 7.47. The van der Waals surface area contributed by atoms with E-state index < -0.39 is 0 Å². The lowest BCUT2D eigenvalue weighted by Crippen LogP contribution is -2.39. The van der Waals surface area contributed by atoms with Crippen LogP contribution in [-0.2, 0) is 6.54 Å². The Morgan fingerprint density at radius 3 is 2.75 bits per heavy atom. The predicted octanol–water partition coefficient (Wildman–Crippen LogP) is 3.26. The second-order valence-corrected chi connectivity index (χ2v) is 6.46. The summed E-state index contributed by atoms with van der Waals surface area (Å²) in [7, 11) is 1.86. The molecule has 3 rings (SSSR count). The van der Waals surface area contributed by atoms with Crippen LogP contribution in [-0.4, -0.2) is 36.0 Å². The maximum absolute atomic E-state index is 4.47. The van der Waals surface area contributed by atoms with Crippen LogP contribution in [0.1, 0.15) is 34.7 Å². The maximum atomic E-state index is 4.47. The zero-order chi connectivity index (χ0) is 16.9. The molecule has 1 fully saturated rings. The summed E-state index contributed by atoms with van der Waals surface area (Å²) >= 11 is 0. The molecule has 1 atom stereocenters. The SMILES string of the molecule is CN=C(NCc1ncccc1C)N1CCC(c2ccccc2C)C1. The number of nitrogens with zero attached hydrogens (tertiary/aromatic N) is 3. The van der Waals surface area contributed by atoms with Crippen LogP contribution in [0.2, 0.25) is 0 Å². The van der Waals surface area contributed by atoms with E-state index in [2.05, 4.69) is 64.4 Å². The number of hydrogen-bond acceptors (Lipinski definition) is 2. The number of aliphatic imine (C=N–C) groups is 1. The normalized spacial score (nSPS) is 18.0. The minimum absolute atomic E-state index is 0.585. The Morgan fingerprint density at radius 2 is 2.00 bits per heavy atom. The van der Waals surface area contributed by atoms with E-state index in [0.29, 0.717) is 12.5 Å². The van der Waals surface area contributed by atoms with Gasteiger partial charge in [0, 0.05) is 32.3 Å². The summed E-state index contributed by atoms with van der Waals surface area (Å²) in [5, 5.41) is 3.47. The zero-order valence-corrected chi connectivity index (χ0v) is 14.8. The fraction of sp³-hybridized carbons (Fsp3) is 0.400. The van der Waals surface area contributed by atoms with E-state index in [4.69, 9.17) is 0 Å². The average molecular weight is 322 g/mol. The average Bonchev–Trinajstić information content (AvgIpc) is 3.07. The van der Waals surface area contributed by atoms with Crippen molar-refractivity contribution in [2.24, 2.45) is 4.99 Å². The van der Waals surface area contributed by atoms with E-state index in [1.54, 1.807) is 0 Å². The highest BCUT2D eigenvalue weighted by atomic mass is 15.3. The number of pyridine rings is 1. The standard InChI is InChI=1S/C20H26N4/c1-15-7-4-5-9-18(15)17-10-12-24(14-17)20(21-3)23-13-19-16(2)8-6-11-22-19/h4-9,11,17H,10,12-14H2,1-3H3,(H,21,23). The van der Waals surface area contributed by atoms with E-state index in [1.807, 2.05) is 19.3 Å². The van der Waals surface area contributed by atoms with Gasteiger partial charge in [-0.15, -0.1) is 0 Å². The Morgan fingerprint density at radius 1 is 1.21 bits per heavy atom. The molecule has 1 saturated heterocycles. The van der Waals surface area contributed by atoms with Crippen LogP contribution in [0.15, 0.2) is 47.6 Å². The highest BCUT2D eigenvalue weighted by Gasteiger charge is 2.26. The van der Waals surface area contributed by atoms with E-state index in [0.717, 1.165) is 24.7 Å². The largest absolute Gasteiger partial charge is 0.351 e. The molecule has 2 heterocycles. The highest BCUT2D eigenvalue weighted by molar-refractivity contribution is 5.80. The summed E-state index contributed by atoms with van der Waals surface area (Å²) < 4.78 is 0. The minimum atomic E-state index is 0.585. The summed E-state index contributed by atoms with van der Waals surface area (Å²) in [6.45, 7) is 7.07. The summed E-state index contributed by atoms with van der Waals surface area (Å²) in [6.07, 6.45) is 3.02. The van der Waals surface area contributed by atoms with Crippen LogP contribution in [0, 0.1) is 13.8 Å². The lowest BCUT2D eigenvalue weighted by atomic mass is 9.94. The molecular formula is C20H26N4. The molecule has 0 aliphatic carbocycles. The molecule has 4 nitrogen and oxygen atoms in total. The maximum Gasteiger partial charge on any atom is 0.193 e. The minimum Gasteiger partial charge on any atom is -0.351 e. The number of benzene rings is 1. The van der Waals surface area contributed by atoms with Gasteiger partial charge in [0.15, 0.2) is 5.96 Å². The van der Waals surface area contributed by atoms with Gasteiger partial charge in [0.05, 0.1) is 12.2 Å². The number of guanidine groups is 1. The van der Waals surface area contributed by atoms with E-state index in [1.165, 1.54) is 23.1 Å². The van der Waals surface area contributed by atoms with Crippen molar-refractivity contribution in [2.75, 3.05) is 20.1 Å². The molecule has 1 N–H and O–H groups in total. The lowest BCUT2D eigenvalue weighted by molar-refractivity contribution is 0.485. The Bertz CT molecular complexity index is 723. The molecule has 1 unspecified atom stereocenters. The van der Waals surface area contributed by atoms with Gasteiger partial charge in [-0.25, -0.2) is 0 Å². The third kappa shape index (κ3) is 3.58. The molecule has 24 heavy (non-hydrogen) atoms. The zero-order valence-electron chi connectivity index (χ0n) is 14.8. The Balaban J connectivity index is 1.63. The van der Waals surface area contributed by atoms with E-state index >= 15 is 0 Å². The van der Waals surface area contributed by atoms with E-state index in [-0.39, 0.29) is 0 Å². The van der Waals surface area contributed by atoms with Crippen LogP contribution in [0.3, 0.4) is 0 Å². The van der Waals surface area contributed by atoms with Gasteiger partial charge in [-0.05, 0) is 43.0 Å². The van der Waals surface area contributed by atoms with Gasteiger partial charge in [-0.1, -0.05) is 30.3 Å². The first-order valence-electron chi connectivity index (χ1n) is 8.60. The van der Waals surface area contributed by atoms with Crippen LogP contribution in [0.4, 0.5) is 0 Å². The van der Waals surface area contributed by atoms with Gasteiger partial charge in [-0.3, -0.25) is 9.98 Å². The van der Waals surface area contributed by atoms with Crippen molar-refractivity contribution in [1.29, 1.82) is 0 Å². The first-order chi connectivity index (χ1) is 11.7. The first-order valence-corrected chi connectivity index (χ1v) is 8.60. The molecule has 4 heteroatoms. The Kier molecular flexibility index (Phi) is 5.14. The predicted molar refractivity (Wildman–Crippen MR) is 99.3 cm³/mol. The topological polar surface area (TPSA) is 40.5 Å². The molecule has 126 valence electrons. The summed E-state index contributed by atoms with van der Waals surface area (Å²) in [4.78, 5) is 11.3. The van der Waals surface area contributed by atoms with Crippen molar-refractivity contribution in [3.05, 3.63) is 65.0 Å². The highest BCUT2D eigenvalue weighted by Crippen LogP contribution is 2.29. The van der Waals surface area contributed by atoms with Crippen LogP contribution >= 0.6 is 0 Å². The smallest absolute Gasteiger partial charge is 0.193 e. The first kappa shape index (κ1) is 16.5. The molecule has 1 aromatic heterocycles. The second-order valence-electron chi connectivity index (χ2n) is 6.46. The lowest BCUT2D eigenvalue weighted by Gasteiger charge is -2.22. The molecule has 0 spiro atoms. The number of aryl methyl sites for hydroxylation is 2. The van der Waals surface area contributed by atoms with Crippen LogP contribution < -0.4 is 5.32 Å². The van der Waals surface area contributed by atoms with Gasteiger partial charge in [0.2, 0.25) is 0 Å². The molecule has 1 aliphatic rings. The molecule has 0 bridgehead atoms. The van der Waals surface area contributed by atoms with Crippen molar-refractivity contribution in [3.63, 3.8) is 0 Å². The molecule has 2 aromatic rings. The van der Waals surface area contributed by atoms with Gasteiger partial charge in [0.1, 0.15) is 0 Å². The third-order valence-corrected chi connectivity index (χ3v) is 4.86. The van der Waals surface area contributed by atoms with Gasteiger partial charge in [0.25, 0.3) is 0 Å². The van der Waals surface area contributed by atoms with Crippen LogP contribution in [0.5, 0.6) is 0 Å². The summed E-state index contributed by atoms with van der Waals surface area (Å²) in [6, 6.07) is 12.8. The van der Waals surface area contributed by atoms with Crippen molar-refractivity contribution in [1.82, 2.24) is 15.2 Å². The van der Waals surface area contributed by atoms with Gasteiger partial charge >= 0.3 is 0 Å². The number of rotatable bonds is 3. The van der Waals surface area contributed by atoms with Crippen molar-refractivity contribution in [3.8, 4) is 0 Å². The van der Waals surface area contributed by atoms with Crippen molar-refractivity contribution in [2.45, 2.75) is 32.7 Å². The third-order valence-electron chi connectivity index (χ3n) is 4.86. The fourth-order valence-electron chi connectivity index (χ4n) is 3.45. The number of likely N-dealkylation sites (tertiary alicyclic amines) is 1. The van der Waals surface area contributed by atoms with E-state index in [9.17, 15) is 0 Å². The van der Waals surface area contributed by atoms with Crippen LogP contribution in [0.25, 0.3) is 0 Å². The molecular weight excluding hydrogens is 296 g/mol. The number of nitrogens with one attached hydrogen (secondary N) is 1. The number of aromatic nitrogens is 1. The Hall–Kier alpha value is -2.36.